The van der Waals surface area contributed by atoms with E-state index in [4.69, 9.17) is 9.47 Å². The molecule has 174 valence electrons. The van der Waals surface area contributed by atoms with Gasteiger partial charge in [-0.25, -0.2) is 0 Å². The number of likely N-dealkylation sites (tertiary alicyclic amines) is 1. The van der Waals surface area contributed by atoms with Crippen LogP contribution in [0.5, 0.6) is 11.5 Å². The number of nitrogens with one attached hydrogen (secondary N) is 1. The second kappa shape index (κ2) is 12.9. The summed E-state index contributed by atoms with van der Waals surface area (Å²) in [4.78, 5) is 23.3. The molecule has 9 heteroatoms. The van der Waals surface area contributed by atoms with E-state index in [9.17, 15) is 4.79 Å². The molecule has 0 atom stereocenters. The van der Waals surface area contributed by atoms with E-state index < -0.39 is 0 Å². The lowest BCUT2D eigenvalue weighted by molar-refractivity contribution is -0.131. The normalized spacial score (nSPS) is 17.3. The lowest BCUT2D eigenvalue weighted by Gasteiger charge is -2.36. The third kappa shape index (κ3) is 7.13. The molecule has 1 aromatic carbocycles. The predicted molar refractivity (Wildman–Crippen MR) is 134 cm³/mol. The van der Waals surface area contributed by atoms with Gasteiger partial charge in [-0.05, 0) is 37.5 Å². The van der Waals surface area contributed by atoms with Gasteiger partial charge in [0.15, 0.2) is 17.5 Å². The Hall–Kier alpha value is -1.75. The minimum Gasteiger partial charge on any atom is -0.493 e. The van der Waals surface area contributed by atoms with Crippen molar-refractivity contribution in [1.82, 2.24) is 20.0 Å². The Morgan fingerprint density at radius 3 is 2.39 bits per heavy atom. The SMILES string of the molecule is CCOc1cc(CNC(=NC)N2CCN(CC(=O)N3CCCC3)CC2)ccc1OC.I. The molecule has 0 radical (unpaired) electrons. The average molecular weight is 545 g/mol. The summed E-state index contributed by atoms with van der Waals surface area (Å²) in [6.45, 7) is 9.06. The number of methoxy groups -OCH3 is 1. The van der Waals surface area contributed by atoms with Crippen molar-refractivity contribution in [2.24, 2.45) is 4.99 Å². The first-order chi connectivity index (χ1) is 14.6. The molecule has 0 spiro atoms. The van der Waals surface area contributed by atoms with Crippen molar-refractivity contribution < 1.29 is 14.3 Å². The van der Waals surface area contributed by atoms with Gasteiger partial charge in [-0.1, -0.05) is 6.07 Å². The van der Waals surface area contributed by atoms with Gasteiger partial charge >= 0.3 is 0 Å². The zero-order valence-corrected chi connectivity index (χ0v) is 21.3. The Morgan fingerprint density at radius 2 is 1.77 bits per heavy atom. The molecule has 3 rings (SSSR count). The largest absolute Gasteiger partial charge is 0.493 e. The highest BCUT2D eigenvalue weighted by Crippen LogP contribution is 2.28. The van der Waals surface area contributed by atoms with Crippen LogP contribution in [-0.4, -0.2) is 93.1 Å². The molecule has 2 heterocycles. The highest BCUT2D eigenvalue weighted by atomic mass is 127. The van der Waals surface area contributed by atoms with Crippen molar-refractivity contribution in [2.75, 3.05) is 66.6 Å². The van der Waals surface area contributed by atoms with Crippen molar-refractivity contribution in [3.63, 3.8) is 0 Å². The van der Waals surface area contributed by atoms with Crippen LogP contribution in [0.25, 0.3) is 0 Å². The third-order valence-electron chi connectivity index (χ3n) is 5.68. The van der Waals surface area contributed by atoms with E-state index in [1.54, 1.807) is 7.11 Å². The molecule has 0 saturated carbocycles. The lowest BCUT2D eigenvalue weighted by atomic mass is 10.2. The molecule has 0 aromatic heterocycles. The van der Waals surface area contributed by atoms with Crippen LogP contribution in [0.15, 0.2) is 23.2 Å². The highest BCUT2D eigenvalue weighted by molar-refractivity contribution is 14.0. The zero-order valence-electron chi connectivity index (χ0n) is 18.9. The monoisotopic (exact) mass is 545 g/mol. The van der Waals surface area contributed by atoms with Gasteiger partial charge in [0.2, 0.25) is 5.91 Å². The summed E-state index contributed by atoms with van der Waals surface area (Å²) in [5.41, 5.74) is 1.11. The van der Waals surface area contributed by atoms with Crippen LogP contribution < -0.4 is 14.8 Å². The molecule has 31 heavy (non-hydrogen) atoms. The fourth-order valence-electron chi connectivity index (χ4n) is 3.99. The Bertz CT molecular complexity index is 732. The summed E-state index contributed by atoms with van der Waals surface area (Å²) in [5, 5.41) is 3.45. The van der Waals surface area contributed by atoms with E-state index in [0.717, 1.165) is 75.1 Å². The van der Waals surface area contributed by atoms with Gasteiger partial charge in [-0.15, -0.1) is 24.0 Å². The number of guanidine groups is 1. The Balaban J connectivity index is 0.00000341. The maximum atomic E-state index is 12.4. The van der Waals surface area contributed by atoms with Crippen LogP contribution in [0.1, 0.15) is 25.3 Å². The number of aliphatic imine (C=N–C) groups is 1. The minimum absolute atomic E-state index is 0. The molecule has 1 N–H and O–H groups in total. The van der Waals surface area contributed by atoms with Gasteiger partial charge in [0.25, 0.3) is 0 Å². The summed E-state index contributed by atoms with van der Waals surface area (Å²) >= 11 is 0. The van der Waals surface area contributed by atoms with Crippen LogP contribution in [0.4, 0.5) is 0 Å². The summed E-state index contributed by atoms with van der Waals surface area (Å²) in [5.74, 6) is 2.65. The van der Waals surface area contributed by atoms with E-state index in [1.165, 1.54) is 0 Å². The van der Waals surface area contributed by atoms with E-state index in [0.29, 0.717) is 19.7 Å². The van der Waals surface area contributed by atoms with Crippen LogP contribution in [0, 0.1) is 0 Å². The number of carbonyl (C=O) groups is 1. The van der Waals surface area contributed by atoms with E-state index in [-0.39, 0.29) is 29.9 Å². The average Bonchev–Trinajstić information content (AvgIpc) is 3.31. The summed E-state index contributed by atoms with van der Waals surface area (Å²) in [6, 6.07) is 5.97. The van der Waals surface area contributed by atoms with Gasteiger partial charge in [-0.3, -0.25) is 14.7 Å². The number of benzene rings is 1. The lowest BCUT2D eigenvalue weighted by Crippen LogP contribution is -2.54. The fraction of sp³-hybridized carbons (Fsp3) is 0.636. The molecule has 2 saturated heterocycles. The van der Waals surface area contributed by atoms with Crippen molar-refractivity contribution >= 4 is 35.8 Å². The van der Waals surface area contributed by atoms with E-state index in [2.05, 4.69) is 20.1 Å². The fourth-order valence-corrected chi connectivity index (χ4v) is 3.99. The molecule has 0 aliphatic carbocycles. The highest BCUT2D eigenvalue weighted by Gasteiger charge is 2.24. The van der Waals surface area contributed by atoms with Gasteiger partial charge in [0.05, 0.1) is 20.3 Å². The van der Waals surface area contributed by atoms with E-state index >= 15 is 0 Å². The molecule has 1 amide bonds. The van der Waals surface area contributed by atoms with Gasteiger partial charge < -0.3 is 24.6 Å². The first kappa shape index (κ1) is 25.5. The molecule has 2 fully saturated rings. The number of nitrogens with zero attached hydrogens (tertiary/aromatic N) is 4. The summed E-state index contributed by atoms with van der Waals surface area (Å²) in [6.07, 6.45) is 2.28. The molecular weight excluding hydrogens is 509 g/mol. The number of halogens is 1. The predicted octanol–water partition coefficient (Wildman–Crippen LogP) is 2.03. The third-order valence-corrected chi connectivity index (χ3v) is 5.68. The Kier molecular flexibility index (Phi) is 10.7. The number of ether oxygens (including phenoxy) is 2. The van der Waals surface area contributed by atoms with E-state index in [1.807, 2.05) is 37.1 Å². The molecule has 2 aliphatic rings. The molecule has 1 aromatic rings. The molecule has 8 nitrogen and oxygen atoms in total. The first-order valence-corrected chi connectivity index (χ1v) is 10.9. The molecular formula is C22H36IN5O3. The second-order valence-electron chi connectivity index (χ2n) is 7.67. The van der Waals surface area contributed by atoms with Crippen LogP contribution in [0.3, 0.4) is 0 Å². The smallest absolute Gasteiger partial charge is 0.236 e. The van der Waals surface area contributed by atoms with Crippen LogP contribution in [0.2, 0.25) is 0 Å². The number of piperazine rings is 1. The van der Waals surface area contributed by atoms with Gasteiger partial charge in [-0.2, -0.15) is 0 Å². The second-order valence-corrected chi connectivity index (χ2v) is 7.67. The first-order valence-electron chi connectivity index (χ1n) is 10.9. The number of amides is 1. The molecule has 0 unspecified atom stereocenters. The van der Waals surface area contributed by atoms with Crippen LogP contribution in [-0.2, 0) is 11.3 Å². The summed E-state index contributed by atoms with van der Waals surface area (Å²) in [7, 11) is 3.46. The number of carbonyl (C=O) groups excluding carboxylic acids is 1. The van der Waals surface area contributed by atoms with Crippen molar-refractivity contribution in [2.45, 2.75) is 26.3 Å². The van der Waals surface area contributed by atoms with Gasteiger partial charge in [0.1, 0.15) is 0 Å². The summed E-state index contributed by atoms with van der Waals surface area (Å²) < 4.78 is 11.0. The zero-order chi connectivity index (χ0) is 21.3. The van der Waals surface area contributed by atoms with Gasteiger partial charge in [0, 0.05) is 52.9 Å². The van der Waals surface area contributed by atoms with Crippen LogP contribution >= 0.6 is 24.0 Å². The maximum Gasteiger partial charge on any atom is 0.236 e. The van der Waals surface area contributed by atoms with Crippen molar-refractivity contribution in [1.29, 1.82) is 0 Å². The number of hydrogen-bond donors (Lipinski definition) is 1. The van der Waals surface area contributed by atoms with Crippen molar-refractivity contribution in [3.05, 3.63) is 23.8 Å². The molecule has 2 aliphatic heterocycles. The topological polar surface area (TPSA) is 69.6 Å². The Labute approximate surface area is 203 Å². The Morgan fingerprint density at radius 1 is 1.06 bits per heavy atom. The number of rotatable bonds is 7. The van der Waals surface area contributed by atoms with Crippen molar-refractivity contribution in [3.8, 4) is 11.5 Å². The maximum absolute atomic E-state index is 12.4. The molecule has 0 bridgehead atoms. The standard InChI is InChI=1S/C22H35N5O3.HI/c1-4-30-20-15-18(7-8-19(20)29-3)16-24-22(23-2)27-13-11-25(12-14-27)17-21(28)26-9-5-6-10-26;/h7-8,15H,4-6,9-14,16-17H2,1-3H3,(H,23,24);1H. The number of hydrogen-bond acceptors (Lipinski definition) is 5. The quantitative estimate of drug-likeness (QED) is 0.322. The minimum atomic E-state index is 0.